The van der Waals surface area contributed by atoms with E-state index in [1.807, 2.05) is 5.59 Å². The van der Waals surface area contributed by atoms with Gasteiger partial charge in [0.25, 0.3) is 0 Å². The maximum Gasteiger partial charge on any atom is 0.327 e. The zero-order valence-corrected chi connectivity index (χ0v) is 8.82. The Labute approximate surface area is 89.3 Å². The molecule has 1 aliphatic rings. The lowest BCUT2D eigenvalue weighted by atomic mass is 9.98. The summed E-state index contributed by atoms with van der Waals surface area (Å²) in [4.78, 5) is 17.6. The number of aliphatic hydroxyl groups excluding tert-OH is 1. The molecule has 0 radical (unpaired) electrons. The summed E-state index contributed by atoms with van der Waals surface area (Å²) in [6, 6.07) is 0. The molecule has 0 aromatic carbocycles. The number of hydrogen-bond donors (Lipinski definition) is 3. The van der Waals surface area contributed by atoms with E-state index in [0.29, 0.717) is 18.9 Å². The number of hydrazine groups is 1. The summed E-state index contributed by atoms with van der Waals surface area (Å²) < 4.78 is 0. The summed E-state index contributed by atoms with van der Waals surface area (Å²) in [5, 5.41) is 8.95. The van der Waals surface area contributed by atoms with Gasteiger partial charge in [0, 0.05) is 13.2 Å². The summed E-state index contributed by atoms with van der Waals surface area (Å²) in [7, 11) is 0. The van der Waals surface area contributed by atoms with E-state index in [-0.39, 0.29) is 12.6 Å². The van der Waals surface area contributed by atoms with E-state index in [1.54, 1.807) is 0 Å². The Bertz CT molecular complexity index is 193. The van der Waals surface area contributed by atoms with Gasteiger partial charge in [-0.05, 0) is 31.8 Å². The van der Waals surface area contributed by atoms with Gasteiger partial charge < -0.3 is 14.8 Å². The Morgan fingerprint density at radius 3 is 2.73 bits per heavy atom. The fraction of sp³-hybridized carbons (Fsp3) is 0.889. The van der Waals surface area contributed by atoms with E-state index in [1.165, 1.54) is 0 Å². The van der Waals surface area contributed by atoms with Crippen LogP contribution in [0.25, 0.3) is 0 Å². The Morgan fingerprint density at radius 1 is 1.53 bits per heavy atom. The van der Waals surface area contributed by atoms with Gasteiger partial charge in [-0.1, -0.05) is 5.59 Å². The van der Waals surface area contributed by atoms with Crippen molar-refractivity contribution >= 4 is 5.97 Å². The molecular formula is C9H19N3O3. The molecule has 6 heteroatoms. The molecule has 0 aromatic heterocycles. The number of nitrogens with zero attached hydrogens (tertiary/aromatic N) is 1. The Hall–Kier alpha value is -0.690. The minimum atomic E-state index is -0.346. The van der Waals surface area contributed by atoms with Crippen molar-refractivity contribution in [2.24, 2.45) is 11.8 Å². The molecule has 1 rings (SSSR count). The average molecular weight is 217 g/mol. The molecule has 0 unspecified atom stereocenters. The lowest BCUT2D eigenvalue weighted by molar-refractivity contribution is -0.151. The minimum absolute atomic E-state index is 0.271. The van der Waals surface area contributed by atoms with Gasteiger partial charge in [0.15, 0.2) is 0 Å². The van der Waals surface area contributed by atoms with E-state index >= 15 is 0 Å². The fourth-order valence-corrected chi connectivity index (χ4v) is 1.76. The highest BCUT2D eigenvalue weighted by Gasteiger charge is 2.18. The molecule has 1 heterocycles. The third-order valence-corrected chi connectivity index (χ3v) is 2.77. The largest absolute Gasteiger partial charge is 0.396 e. The lowest BCUT2D eigenvalue weighted by Crippen LogP contribution is -2.37. The van der Waals surface area contributed by atoms with Crippen LogP contribution < -0.4 is 11.4 Å². The Balaban J connectivity index is 2.10. The predicted octanol–water partition coefficient (Wildman–Crippen LogP) is -0.998. The van der Waals surface area contributed by atoms with Gasteiger partial charge in [-0.2, -0.15) is 0 Å². The topological polar surface area (TPSA) is 87.8 Å². The molecule has 1 saturated heterocycles. The average Bonchev–Trinajstić information content (AvgIpc) is 2.27. The third kappa shape index (κ3) is 4.57. The molecule has 88 valence electrons. The lowest BCUT2D eigenvalue weighted by Gasteiger charge is -2.30. The van der Waals surface area contributed by atoms with Gasteiger partial charge in [-0.3, -0.25) is 4.79 Å². The molecule has 0 spiro atoms. The highest BCUT2D eigenvalue weighted by Crippen LogP contribution is 2.16. The first-order valence-electron chi connectivity index (χ1n) is 5.24. The number of carbonyl (C=O) groups is 1. The van der Waals surface area contributed by atoms with E-state index in [0.717, 1.165) is 25.9 Å². The zero-order chi connectivity index (χ0) is 11.1. The number of nitrogens with two attached hydrogens (primary N) is 1. The van der Waals surface area contributed by atoms with E-state index in [4.69, 9.17) is 10.9 Å². The van der Waals surface area contributed by atoms with Crippen molar-refractivity contribution in [2.75, 3.05) is 26.2 Å². The van der Waals surface area contributed by atoms with E-state index in [2.05, 4.69) is 9.74 Å². The molecule has 0 aliphatic carbocycles. The van der Waals surface area contributed by atoms with Crippen molar-refractivity contribution in [2.45, 2.75) is 19.3 Å². The summed E-state index contributed by atoms with van der Waals surface area (Å²) in [5.41, 5.74) is 1.87. The van der Waals surface area contributed by atoms with Crippen molar-refractivity contribution in [3.05, 3.63) is 0 Å². The fourth-order valence-electron chi connectivity index (χ4n) is 1.76. The van der Waals surface area contributed by atoms with Crippen LogP contribution in [-0.2, 0) is 9.63 Å². The summed E-state index contributed by atoms with van der Waals surface area (Å²) in [6.45, 7) is 2.84. The van der Waals surface area contributed by atoms with Gasteiger partial charge in [0.2, 0.25) is 0 Å². The van der Waals surface area contributed by atoms with Crippen molar-refractivity contribution < 1.29 is 14.7 Å². The number of aliphatic hydroxyl groups is 1. The molecular weight excluding hydrogens is 198 g/mol. The van der Waals surface area contributed by atoms with Gasteiger partial charge in [0.1, 0.15) is 0 Å². The highest BCUT2D eigenvalue weighted by atomic mass is 16.7. The molecule has 1 fully saturated rings. The number of likely N-dealkylation sites (tertiary alicyclic amines) is 1. The van der Waals surface area contributed by atoms with Crippen LogP contribution in [-0.4, -0.2) is 42.2 Å². The molecule has 0 atom stereocenters. The third-order valence-electron chi connectivity index (χ3n) is 2.77. The normalized spacial score (nSPS) is 19.1. The predicted molar refractivity (Wildman–Crippen MR) is 54.3 cm³/mol. The molecule has 0 saturated carbocycles. The standard InChI is InChI=1S/C9H19N3O3/c10-11-15-9(14)3-6-12-4-1-8(7-13)2-5-12/h8,11,13H,1-7,10H2. The van der Waals surface area contributed by atoms with Crippen LogP contribution in [0.3, 0.4) is 0 Å². The molecule has 0 aromatic rings. The van der Waals surface area contributed by atoms with Crippen LogP contribution in [0.5, 0.6) is 0 Å². The molecule has 4 N–H and O–H groups in total. The van der Waals surface area contributed by atoms with Crippen molar-refractivity contribution in [3.8, 4) is 0 Å². The van der Waals surface area contributed by atoms with Gasteiger partial charge in [0.05, 0.1) is 6.42 Å². The van der Waals surface area contributed by atoms with Crippen LogP contribution in [0.2, 0.25) is 0 Å². The number of hydrogen-bond acceptors (Lipinski definition) is 6. The van der Waals surface area contributed by atoms with Crippen molar-refractivity contribution in [1.82, 2.24) is 10.5 Å². The molecule has 15 heavy (non-hydrogen) atoms. The quantitative estimate of drug-likeness (QED) is 0.404. The summed E-state index contributed by atoms with van der Waals surface area (Å²) in [5.74, 6) is 4.92. The maximum atomic E-state index is 11.0. The van der Waals surface area contributed by atoms with Gasteiger partial charge >= 0.3 is 5.97 Å². The second-order valence-corrected chi connectivity index (χ2v) is 3.81. The van der Waals surface area contributed by atoms with Crippen molar-refractivity contribution in [3.63, 3.8) is 0 Å². The number of piperidine rings is 1. The Kier molecular flexibility index (Phi) is 5.56. The number of rotatable bonds is 5. The summed E-state index contributed by atoms with van der Waals surface area (Å²) >= 11 is 0. The van der Waals surface area contributed by atoms with E-state index < -0.39 is 0 Å². The van der Waals surface area contributed by atoms with E-state index in [9.17, 15) is 4.79 Å². The second-order valence-electron chi connectivity index (χ2n) is 3.81. The van der Waals surface area contributed by atoms with Gasteiger partial charge in [-0.15, -0.1) is 0 Å². The molecule has 0 bridgehead atoms. The monoisotopic (exact) mass is 217 g/mol. The highest BCUT2D eigenvalue weighted by molar-refractivity contribution is 5.69. The maximum absolute atomic E-state index is 11.0. The van der Waals surface area contributed by atoms with Crippen LogP contribution in [0.1, 0.15) is 19.3 Å². The van der Waals surface area contributed by atoms with Crippen LogP contribution in [0.15, 0.2) is 0 Å². The van der Waals surface area contributed by atoms with Gasteiger partial charge in [-0.25, -0.2) is 5.84 Å². The molecule has 1 aliphatic heterocycles. The second kappa shape index (κ2) is 6.73. The first-order chi connectivity index (χ1) is 7.26. The zero-order valence-electron chi connectivity index (χ0n) is 8.82. The molecule has 0 amide bonds. The minimum Gasteiger partial charge on any atom is -0.396 e. The first kappa shape index (κ1) is 12.4. The first-order valence-corrected chi connectivity index (χ1v) is 5.24. The van der Waals surface area contributed by atoms with Crippen LogP contribution in [0, 0.1) is 5.92 Å². The van der Waals surface area contributed by atoms with Crippen molar-refractivity contribution in [1.29, 1.82) is 0 Å². The smallest absolute Gasteiger partial charge is 0.327 e. The van der Waals surface area contributed by atoms with Crippen LogP contribution >= 0.6 is 0 Å². The molecule has 6 nitrogen and oxygen atoms in total. The Morgan fingerprint density at radius 2 is 2.20 bits per heavy atom. The number of nitrogens with one attached hydrogen (secondary N) is 1. The SMILES string of the molecule is NNOC(=O)CCN1CCC(CO)CC1. The van der Waals surface area contributed by atoms with Crippen LogP contribution in [0.4, 0.5) is 0 Å². The number of carbonyl (C=O) groups excluding carboxylic acids is 1. The summed E-state index contributed by atoms with van der Waals surface area (Å²) in [6.07, 6.45) is 2.34.